The van der Waals surface area contributed by atoms with E-state index in [0.29, 0.717) is 18.4 Å². The predicted octanol–water partition coefficient (Wildman–Crippen LogP) is 3.10. The smallest absolute Gasteiger partial charge is 0.306 e. The Morgan fingerprint density at radius 1 is 1.48 bits per heavy atom. The number of rotatable bonds is 4. The van der Waals surface area contributed by atoms with Crippen molar-refractivity contribution in [1.82, 2.24) is 0 Å². The maximum Gasteiger partial charge on any atom is 0.306 e. The fraction of sp³-hybridized carbons (Fsp3) is 0.500. The Balaban J connectivity index is 2.20. The first-order chi connectivity index (χ1) is 9.88. The zero-order valence-corrected chi connectivity index (χ0v) is 11.6. The quantitative estimate of drug-likeness (QED) is 0.658. The molecule has 1 fully saturated rings. The third kappa shape index (κ3) is 3.48. The molecule has 6 nitrogen and oxygen atoms in total. The van der Waals surface area contributed by atoms with Gasteiger partial charge in [-0.15, -0.1) is 0 Å². The van der Waals surface area contributed by atoms with Gasteiger partial charge in [-0.05, 0) is 37.8 Å². The molecule has 2 N–H and O–H groups in total. The Bertz CT molecular complexity index is 576. The van der Waals surface area contributed by atoms with E-state index in [0.717, 1.165) is 18.9 Å². The summed E-state index contributed by atoms with van der Waals surface area (Å²) in [5.74, 6) is -1.90. The van der Waals surface area contributed by atoms with Crippen LogP contribution in [-0.4, -0.2) is 22.0 Å². The molecule has 7 heteroatoms. The molecule has 0 bridgehead atoms. The number of nitrogens with one attached hydrogen (secondary N) is 1. The molecular formula is C14H17FN2O4. The van der Waals surface area contributed by atoms with Crippen LogP contribution in [0.3, 0.4) is 0 Å². The van der Waals surface area contributed by atoms with Crippen LogP contribution in [0.15, 0.2) is 12.1 Å². The van der Waals surface area contributed by atoms with Crippen LogP contribution in [0, 0.1) is 28.8 Å². The van der Waals surface area contributed by atoms with E-state index in [1.807, 2.05) is 0 Å². The van der Waals surface area contributed by atoms with Crippen molar-refractivity contribution < 1.29 is 19.2 Å². The van der Waals surface area contributed by atoms with E-state index in [-0.39, 0.29) is 17.4 Å². The van der Waals surface area contributed by atoms with E-state index < -0.39 is 22.6 Å². The van der Waals surface area contributed by atoms with Crippen molar-refractivity contribution in [2.75, 3.05) is 5.32 Å². The van der Waals surface area contributed by atoms with Crippen LogP contribution >= 0.6 is 0 Å². The first-order valence-corrected chi connectivity index (χ1v) is 6.82. The average molecular weight is 296 g/mol. The van der Waals surface area contributed by atoms with Gasteiger partial charge in [-0.2, -0.15) is 0 Å². The van der Waals surface area contributed by atoms with E-state index in [9.17, 15) is 19.3 Å². The number of nitro benzene ring substituents is 1. The molecule has 0 aliphatic heterocycles. The van der Waals surface area contributed by atoms with Gasteiger partial charge in [0.2, 0.25) is 0 Å². The summed E-state index contributed by atoms with van der Waals surface area (Å²) in [6.45, 7) is 1.53. The summed E-state index contributed by atoms with van der Waals surface area (Å²) in [6, 6.07) is 2.15. The summed E-state index contributed by atoms with van der Waals surface area (Å²) in [4.78, 5) is 21.4. The summed E-state index contributed by atoms with van der Waals surface area (Å²) in [5, 5.41) is 23.1. The van der Waals surface area contributed by atoms with Gasteiger partial charge < -0.3 is 10.4 Å². The monoisotopic (exact) mass is 296 g/mol. The molecule has 1 aliphatic carbocycles. The number of benzene rings is 1. The van der Waals surface area contributed by atoms with Crippen molar-refractivity contribution >= 4 is 17.3 Å². The Kier molecular flexibility index (Phi) is 4.40. The lowest BCUT2D eigenvalue weighted by atomic mass is 9.85. The number of nitrogens with zero attached hydrogens (tertiary/aromatic N) is 1. The van der Waals surface area contributed by atoms with Crippen LogP contribution in [0.2, 0.25) is 0 Å². The summed E-state index contributed by atoms with van der Waals surface area (Å²) >= 11 is 0. The second-order valence-electron chi connectivity index (χ2n) is 5.42. The van der Waals surface area contributed by atoms with Gasteiger partial charge in [0.15, 0.2) is 0 Å². The first kappa shape index (κ1) is 15.2. The van der Waals surface area contributed by atoms with E-state index in [2.05, 4.69) is 5.32 Å². The predicted molar refractivity (Wildman–Crippen MR) is 74.8 cm³/mol. The van der Waals surface area contributed by atoms with E-state index >= 15 is 0 Å². The Morgan fingerprint density at radius 3 is 2.81 bits per heavy atom. The Hall–Kier alpha value is -2.18. The van der Waals surface area contributed by atoms with E-state index in [1.54, 1.807) is 0 Å². The third-order valence-electron chi connectivity index (χ3n) is 3.86. The molecule has 114 valence electrons. The number of aliphatic carboxylic acids is 1. The van der Waals surface area contributed by atoms with Crippen LogP contribution in [0.4, 0.5) is 15.8 Å². The molecule has 0 aromatic heterocycles. The van der Waals surface area contributed by atoms with Gasteiger partial charge >= 0.3 is 5.97 Å². The SMILES string of the molecule is Cc1cc(NC2CCCC(C(=O)O)C2)c([N+](=O)[O-])cc1F. The van der Waals surface area contributed by atoms with Gasteiger partial charge in [0.1, 0.15) is 11.5 Å². The molecule has 1 aromatic carbocycles. The summed E-state index contributed by atoms with van der Waals surface area (Å²) in [7, 11) is 0. The van der Waals surface area contributed by atoms with E-state index in [4.69, 9.17) is 5.11 Å². The number of halogens is 1. The van der Waals surface area contributed by atoms with Crippen molar-refractivity contribution in [1.29, 1.82) is 0 Å². The molecule has 21 heavy (non-hydrogen) atoms. The van der Waals surface area contributed by atoms with Crippen LogP contribution in [-0.2, 0) is 4.79 Å². The fourth-order valence-corrected chi connectivity index (χ4v) is 2.70. The highest BCUT2D eigenvalue weighted by atomic mass is 19.1. The highest BCUT2D eigenvalue weighted by Crippen LogP contribution is 2.32. The van der Waals surface area contributed by atoms with Crippen molar-refractivity contribution in [2.45, 2.75) is 38.6 Å². The molecule has 1 saturated carbocycles. The lowest BCUT2D eigenvalue weighted by Crippen LogP contribution is -2.31. The minimum absolute atomic E-state index is 0.150. The Labute approximate surface area is 121 Å². The Morgan fingerprint density at radius 2 is 2.19 bits per heavy atom. The number of anilines is 1. The minimum atomic E-state index is -0.841. The largest absolute Gasteiger partial charge is 0.481 e. The topological polar surface area (TPSA) is 92.5 Å². The van der Waals surface area contributed by atoms with Crippen LogP contribution in [0.1, 0.15) is 31.2 Å². The molecule has 0 heterocycles. The minimum Gasteiger partial charge on any atom is -0.481 e. The van der Waals surface area contributed by atoms with Crippen molar-refractivity contribution in [3.63, 3.8) is 0 Å². The van der Waals surface area contributed by atoms with Crippen molar-refractivity contribution in [3.8, 4) is 0 Å². The van der Waals surface area contributed by atoms with Crippen LogP contribution in [0.25, 0.3) is 0 Å². The summed E-state index contributed by atoms with van der Waals surface area (Å²) in [6.07, 6.45) is 2.54. The number of nitro groups is 1. The van der Waals surface area contributed by atoms with Crippen molar-refractivity contribution in [2.24, 2.45) is 5.92 Å². The molecule has 0 saturated heterocycles. The molecule has 0 spiro atoms. The molecule has 1 aliphatic rings. The molecular weight excluding hydrogens is 279 g/mol. The molecule has 2 rings (SSSR count). The highest BCUT2D eigenvalue weighted by Gasteiger charge is 2.28. The number of hydrogen-bond donors (Lipinski definition) is 2. The molecule has 0 radical (unpaired) electrons. The molecule has 0 amide bonds. The van der Waals surface area contributed by atoms with Gasteiger partial charge in [-0.1, -0.05) is 6.42 Å². The summed E-state index contributed by atoms with van der Waals surface area (Å²) < 4.78 is 13.5. The maximum atomic E-state index is 13.5. The number of carboxylic acid groups (broad SMARTS) is 1. The standard InChI is InChI=1S/C14H17FN2O4/c1-8-5-12(13(17(20)21)7-11(8)15)16-10-4-2-3-9(6-10)14(18)19/h5,7,9-10,16H,2-4,6H2,1H3,(H,18,19). The van der Waals surface area contributed by atoms with Gasteiger partial charge in [0.25, 0.3) is 5.69 Å². The highest BCUT2D eigenvalue weighted by molar-refractivity contribution is 5.70. The summed E-state index contributed by atoms with van der Waals surface area (Å²) in [5.41, 5.74) is 0.235. The van der Waals surface area contributed by atoms with Crippen molar-refractivity contribution in [3.05, 3.63) is 33.6 Å². The lowest BCUT2D eigenvalue weighted by Gasteiger charge is -2.28. The molecule has 1 aromatic rings. The number of carboxylic acids is 1. The molecule has 2 atom stereocenters. The zero-order chi connectivity index (χ0) is 15.6. The zero-order valence-electron chi connectivity index (χ0n) is 11.6. The van der Waals surface area contributed by atoms with E-state index in [1.165, 1.54) is 13.0 Å². The average Bonchev–Trinajstić information content (AvgIpc) is 2.42. The second-order valence-corrected chi connectivity index (χ2v) is 5.42. The number of hydrogen-bond acceptors (Lipinski definition) is 4. The fourth-order valence-electron chi connectivity index (χ4n) is 2.70. The number of aryl methyl sites for hydroxylation is 1. The third-order valence-corrected chi connectivity index (χ3v) is 3.86. The second kappa shape index (κ2) is 6.07. The van der Waals surface area contributed by atoms with Crippen LogP contribution < -0.4 is 5.32 Å². The van der Waals surface area contributed by atoms with Gasteiger partial charge in [-0.25, -0.2) is 4.39 Å². The van der Waals surface area contributed by atoms with Gasteiger partial charge in [0.05, 0.1) is 16.9 Å². The van der Waals surface area contributed by atoms with Gasteiger partial charge in [0, 0.05) is 6.04 Å². The molecule has 2 unspecified atom stereocenters. The lowest BCUT2D eigenvalue weighted by molar-refractivity contribution is -0.384. The van der Waals surface area contributed by atoms with Gasteiger partial charge in [-0.3, -0.25) is 14.9 Å². The number of carbonyl (C=O) groups is 1. The maximum absolute atomic E-state index is 13.5. The van der Waals surface area contributed by atoms with Crippen LogP contribution in [0.5, 0.6) is 0 Å². The normalized spacial score (nSPS) is 21.8. The first-order valence-electron chi connectivity index (χ1n) is 6.82.